The van der Waals surface area contributed by atoms with Crippen molar-refractivity contribution in [2.24, 2.45) is 0 Å². The number of nitriles is 1. The zero-order valence-electron chi connectivity index (χ0n) is 9.55. The van der Waals surface area contributed by atoms with Crippen LogP contribution in [0.2, 0.25) is 0 Å². The summed E-state index contributed by atoms with van der Waals surface area (Å²) in [6.07, 6.45) is 3.57. The van der Waals surface area contributed by atoms with Crippen molar-refractivity contribution in [2.45, 2.75) is 26.2 Å². The average molecular weight is 228 g/mol. The molecular weight excluding hydrogens is 216 g/mol. The number of hydrogen-bond donors (Lipinski definition) is 0. The van der Waals surface area contributed by atoms with Gasteiger partial charge in [0.15, 0.2) is 0 Å². The van der Waals surface area contributed by atoms with Crippen molar-refractivity contribution < 1.29 is 4.52 Å². The van der Waals surface area contributed by atoms with Crippen LogP contribution in [0.5, 0.6) is 0 Å². The molecule has 0 aliphatic rings. The van der Waals surface area contributed by atoms with Gasteiger partial charge in [0.1, 0.15) is 5.69 Å². The Hall–Kier alpha value is -2.22. The Morgan fingerprint density at radius 3 is 3.12 bits per heavy atom. The van der Waals surface area contributed by atoms with Crippen LogP contribution >= 0.6 is 0 Å². The minimum atomic E-state index is 0.500. The van der Waals surface area contributed by atoms with Crippen molar-refractivity contribution in [3.8, 4) is 17.6 Å². The van der Waals surface area contributed by atoms with Crippen molar-refractivity contribution in [3.63, 3.8) is 0 Å². The summed E-state index contributed by atoms with van der Waals surface area (Å²) in [5.74, 6) is 1.07. The lowest BCUT2D eigenvalue weighted by atomic mass is 10.2. The highest BCUT2D eigenvalue weighted by molar-refractivity contribution is 5.52. The van der Waals surface area contributed by atoms with E-state index in [2.05, 4.69) is 21.2 Å². The zero-order chi connectivity index (χ0) is 12.1. The van der Waals surface area contributed by atoms with Crippen molar-refractivity contribution in [1.29, 1.82) is 5.26 Å². The molecule has 86 valence electrons. The Labute approximate surface area is 99.1 Å². The molecule has 0 fully saturated rings. The van der Waals surface area contributed by atoms with E-state index in [1.807, 2.05) is 19.1 Å². The molecule has 2 aromatic rings. The first-order valence-electron chi connectivity index (χ1n) is 5.43. The van der Waals surface area contributed by atoms with E-state index in [9.17, 15) is 0 Å². The summed E-state index contributed by atoms with van der Waals surface area (Å²) >= 11 is 0. The van der Waals surface area contributed by atoms with Gasteiger partial charge in [-0.3, -0.25) is 4.98 Å². The summed E-state index contributed by atoms with van der Waals surface area (Å²) in [7, 11) is 0. The van der Waals surface area contributed by atoms with Crippen LogP contribution in [-0.2, 0) is 6.42 Å². The molecule has 0 spiro atoms. The first-order valence-corrected chi connectivity index (χ1v) is 5.43. The molecule has 5 nitrogen and oxygen atoms in total. The van der Waals surface area contributed by atoms with Gasteiger partial charge in [-0.25, -0.2) is 0 Å². The first-order chi connectivity index (χ1) is 8.31. The third-order valence-electron chi connectivity index (χ3n) is 2.37. The zero-order valence-corrected chi connectivity index (χ0v) is 9.55. The Morgan fingerprint density at radius 1 is 1.47 bits per heavy atom. The van der Waals surface area contributed by atoms with E-state index in [-0.39, 0.29) is 0 Å². The molecule has 0 aliphatic heterocycles. The first kappa shape index (κ1) is 11.3. The van der Waals surface area contributed by atoms with Gasteiger partial charge in [-0.2, -0.15) is 10.2 Å². The third kappa shape index (κ3) is 2.67. The van der Waals surface area contributed by atoms with Crippen LogP contribution in [-0.4, -0.2) is 15.1 Å². The standard InChI is InChI=1S/C12H12N4O/c1-9-5-4-8-14-11(9)12-15-10(17-16-12)6-2-3-7-13/h4-5,8H,2-3,6H2,1H3. The maximum atomic E-state index is 8.44. The van der Waals surface area contributed by atoms with E-state index >= 15 is 0 Å². The monoisotopic (exact) mass is 228 g/mol. The number of unbranched alkanes of at least 4 members (excludes halogenated alkanes) is 1. The molecule has 0 saturated heterocycles. The molecule has 2 heterocycles. The van der Waals surface area contributed by atoms with E-state index in [0.29, 0.717) is 24.6 Å². The van der Waals surface area contributed by atoms with E-state index in [4.69, 9.17) is 9.78 Å². The maximum absolute atomic E-state index is 8.44. The van der Waals surface area contributed by atoms with Gasteiger partial charge in [-0.1, -0.05) is 11.2 Å². The summed E-state index contributed by atoms with van der Waals surface area (Å²) in [6.45, 7) is 1.95. The number of aromatic nitrogens is 3. The second-order valence-corrected chi connectivity index (χ2v) is 3.69. The minimum absolute atomic E-state index is 0.500. The lowest BCUT2D eigenvalue weighted by molar-refractivity contribution is 0.376. The molecule has 0 saturated carbocycles. The molecule has 17 heavy (non-hydrogen) atoms. The van der Waals surface area contributed by atoms with Gasteiger partial charge in [0.05, 0.1) is 6.07 Å². The fourth-order valence-electron chi connectivity index (χ4n) is 1.49. The number of hydrogen-bond acceptors (Lipinski definition) is 5. The highest BCUT2D eigenvalue weighted by atomic mass is 16.5. The van der Waals surface area contributed by atoms with Crippen LogP contribution < -0.4 is 0 Å². The second-order valence-electron chi connectivity index (χ2n) is 3.69. The van der Waals surface area contributed by atoms with Crippen molar-refractivity contribution in [1.82, 2.24) is 15.1 Å². The summed E-state index contributed by atoms with van der Waals surface area (Å²) in [6, 6.07) is 5.90. The van der Waals surface area contributed by atoms with Gasteiger partial charge in [-0.05, 0) is 25.0 Å². The van der Waals surface area contributed by atoms with Crippen LogP contribution in [0.25, 0.3) is 11.5 Å². The Morgan fingerprint density at radius 2 is 2.35 bits per heavy atom. The lowest BCUT2D eigenvalue weighted by Gasteiger charge is -1.96. The predicted octanol–water partition coefficient (Wildman–Crippen LogP) is 2.29. The number of aryl methyl sites for hydroxylation is 2. The molecule has 2 rings (SSSR count). The Balaban J connectivity index is 2.14. The van der Waals surface area contributed by atoms with Crippen LogP contribution in [0.3, 0.4) is 0 Å². The van der Waals surface area contributed by atoms with Crippen molar-refractivity contribution in [3.05, 3.63) is 29.8 Å². The maximum Gasteiger partial charge on any atom is 0.227 e. The van der Waals surface area contributed by atoms with E-state index in [1.165, 1.54) is 0 Å². The predicted molar refractivity (Wildman–Crippen MR) is 60.8 cm³/mol. The topological polar surface area (TPSA) is 75.6 Å². The highest BCUT2D eigenvalue weighted by Crippen LogP contribution is 2.17. The molecule has 5 heteroatoms. The summed E-state index contributed by atoms with van der Waals surface area (Å²) < 4.78 is 5.11. The van der Waals surface area contributed by atoms with E-state index in [0.717, 1.165) is 17.7 Å². The highest BCUT2D eigenvalue weighted by Gasteiger charge is 2.11. The molecule has 0 N–H and O–H groups in total. The summed E-state index contributed by atoms with van der Waals surface area (Å²) in [5, 5.41) is 12.3. The normalized spacial score (nSPS) is 10.1. The molecule has 0 amide bonds. The van der Waals surface area contributed by atoms with Gasteiger partial charge in [0.2, 0.25) is 11.7 Å². The van der Waals surface area contributed by atoms with Gasteiger partial charge in [0.25, 0.3) is 0 Å². The lowest BCUT2D eigenvalue weighted by Crippen LogP contribution is -1.90. The third-order valence-corrected chi connectivity index (χ3v) is 2.37. The van der Waals surface area contributed by atoms with Gasteiger partial charge in [0, 0.05) is 19.0 Å². The van der Waals surface area contributed by atoms with Crippen LogP contribution in [0.4, 0.5) is 0 Å². The number of nitrogens with zero attached hydrogens (tertiary/aromatic N) is 4. The minimum Gasteiger partial charge on any atom is -0.339 e. The quantitative estimate of drug-likeness (QED) is 0.750. The van der Waals surface area contributed by atoms with E-state index < -0.39 is 0 Å². The molecule has 0 atom stereocenters. The second kappa shape index (κ2) is 5.21. The van der Waals surface area contributed by atoms with Gasteiger partial charge in [-0.15, -0.1) is 0 Å². The van der Waals surface area contributed by atoms with Crippen LogP contribution in [0.15, 0.2) is 22.9 Å². The fourth-order valence-corrected chi connectivity index (χ4v) is 1.49. The van der Waals surface area contributed by atoms with Crippen LogP contribution in [0, 0.1) is 18.3 Å². The molecule has 2 aromatic heterocycles. The van der Waals surface area contributed by atoms with Gasteiger partial charge >= 0.3 is 0 Å². The largest absolute Gasteiger partial charge is 0.339 e. The van der Waals surface area contributed by atoms with Crippen molar-refractivity contribution >= 4 is 0 Å². The average Bonchev–Trinajstić information content (AvgIpc) is 2.79. The van der Waals surface area contributed by atoms with E-state index in [1.54, 1.807) is 6.20 Å². The number of rotatable bonds is 4. The SMILES string of the molecule is Cc1cccnc1-c1noc(CCCC#N)n1. The van der Waals surface area contributed by atoms with Crippen molar-refractivity contribution in [2.75, 3.05) is 0 Å². The molecule has 0 aromatic carbocycles. The van der Waals surface area contributed by atoms with Crippen LogP contribution in [0.1, 0.15) is 24.3 Å². The summed E-state index contributed by atoms with van der Waals surface area (Å²) in [4.78, 5) is 8.48. The summed E-state index contributed by atoms with van der Waals surface area (Å²) in [5.41, 5.74) is 1.75. The number of pyridine rings is 1. The smallest absolute Gasteiger partial charge is 0.227 e. The Kier molecular flexibility index (Phi) is 3.46. The molecule has 0 bridgehead atoms. The molecule has 0 unspecified atom stereocenters. The fraction of sp³-hybridized carbons (Fsp3) is 0.333. The molecular formula is C12H12N4O. The molecule has 0 radical (unpaired) electrons. The molecule has 0 aliphatic carbocycles. The Bertz CT molecular complexity index is 541. The van der Waals surface area contributed by atoms with Gasteiger partial charge < -0.3 is 4.52 Å².